The van der Waals surface area contributed by atoms with Gasteiger partial charge in [-0.3, -0.25) is 4.79 Å². The minimum absolute atomic E-state index is 0.107. The minimum atomic E-state index is 0.107. The fraction of sp³-hybridized carbons (Fsp3) is 0.889. The van der Waals surface area contributed by atoms with Crippen molar-refractivity contribution >= 4 is 6.41 Å². The molecule has 3 nitrogen and oxygen atoms in total. The van der Waals surface area contributed by atoms with Gasteiger partial charge in [-0.2, -0.15) is 0 Å². The number of nitrogens with two attached hydrogens (primary N) is 1. The molecule has 0 heterocycles. The average Bonchev–Trinajstić information content (AvgIpc) is 2.00. The Morgan fingerprint density at radius 2 is 2.17 bits per heavy atom. The molecule has 0 aromatic carbocycles. The van der Waals surface area contributed by atoms with Crippen LogP contribution in [0.5, 0.6) is 0 Å². The summed E-state index contributed by atoms with van der Waals surface area (Å²) in [6.45, 7) is 7.00. The molecule has 3 heteroatoms. The molecular formula is C9H20N2O. The Labute approximate surface area is 74.7 Å². The number of hydrogen-bond donors (Lipinski definition) is 2. The Hall–Kier alpha value is -0.570. The molecule has 0 aromatic heterocycles. The summed E-state index contributed by atoms with van der Waals surface area (Å²) in [5.41, 5.74) is 5.92. The van der Waals surface area contributed by atoms with Gasteiger partial charge < -0.3 is 11.1 Å². The molecule has 1 amide bonds. The van der Waals surface area contributed by atoms with Gasteiger partial charge in [0.1, 0.15) is 0 Å². The molecule has 12 heavy (non-hydrogen) atoms. The molecule has 0 saturated carbocycles. The molecule has 3 N–H and O–H groups in total. The van der Waals surface area contributed by atoms with E-state index >= 15 is 0 Å². The van der Waals surface area contributed by atoms with Crippen molar-refractivity contribution in [1.82, 2.24) is 5.32 Å². The van der Waals surface area contributed by atoms with Crippen molar-refractivity contribution in [3.05, 3.63) is 0 Å². The number of carbonyl (C=O) groups is 1. The van der Waals surface area contributed by atoms with Gasteiger partial charge in [0.2, 0.25) is 6.41 Å². The third-order valence-corrected chi connectivity index (χ3v) is 2.00. The Kier molecular flexibility index (Phi) is 4.90. The lowest BCUT2D eigenvalue weighted by Gasteiger charge is -2.26. The minimum Gasteiger partial charge on any atom is -0.358 e. The molecule has 72 valence electrons. The molecule has 0 aliphatic heterocycles. The van der Waals surface area contributed by atoms with Crippen LogP contribution in [-0.2, 0) is 4.79 Å². The maximum absolute atomic E-state index is 10.1. The van der Waals surface area contributed by atoms with Crippen molar-refractivity contribution in [2.45, 2.75) is 39.7 Å². The first-order chi connectivity index (χ1) is 5.52. The van der Waals surface area contributed by atoms with Gasteiger partial charge in [-0.25, -0.2) is 0 Å². The summed E-state index contributed by atoms with van der Waals surface area (Å²) >= 11 is 0. The van der Waals surface area contributed by atoms with Gasteiger partial charge in [0.05, 0.1) is 0 Å². The number of amides is 1. The van der Waals surface area contributed by atoms with Crippen LogP contribution in [0.15, 0.2) is 0 Å². The molecule has 0 saturated heterocycles. The maximum atomic E-state index is 10.1. The SMILES string of the molecule is CCC(N)CC(C)(C)CNC=O. The quantitative estimate of drug-likeness (QED) is 0.584. The largest absolute Gasteiger partial charge is 0.358 e. The van der Waals surface area contributed by atoms with E-state index in [0.29, 0.717) is 6.54 Å². The van der Waals surface area contributed by atoms with Gasteiger partial charge >= 0.3 is 0 Å². The van der Waals surface area contributed by atoms with Crippen molar-refractivity contribution in [2.75, 3.05) is 6.54 Å². The van der Waals surface area contributed by atoms with Crippen LogP contribution in [0.25, 0.3) is 0 Å². The van der Waals surface area contributed by atoms with E-state index in [1.807, 2.05) is 0 Å². The van der Waals surface area contributed by atoms with Gasteiger partial charge in [-0.1, -0.05) is 20.8 Å². The Balaban J connectivity index is 3.76. The van der Waals surface area contributed by atoms with Gasteiger partial charge in [-0.15, -0.1) is 0 Å². The van der Waals surface area contributed by atoms with Gasteiger partial charge in [0.25, 0.3) is 0 Å². The van der Waals surface area contributed by atoms with Gasteiger partial charge in [0, 0.05) is 12.6 Å². The zero-order chi connectivity index (χ0) is 9.61. The van der Waals surface area contributed by atoms with E-state index in [1.54, 1.807) is 0 Å². The predicted octanol–water partition coefficient (Wildman–Crippen LogP) is 0.886. The first kappa shape index (κ1) is 11.4. The molecule has 0 bridgehead atoms. The Bertz CT molecular complexity index is 134. The topological polar surface area (TPSA) is 55.1 Å². The van der Waals surface area contributed by atoms with Crippen LogP contribution in [0.3, 0.4) is 0 Å². The van der Waals surface area contributed by atoms with Crippen LogP contribution in [0.1, 0.15) is 33.6 Å². The van der Waals surface area contributed by atoms with Gasteiger partial charge in [-0.05, 0) is 18.3 Å². The lowest BCUT2D eigenvalue weighted by molar-refractivity contribution is -0.109. The molecule has 0 rings (SSSR count). The second-order valence-corrected chi connectivity index (χ2v) is 4.04. The smallest absolute Gasteiger partial charge is 0.207 e. The zero-order valence-electron chi connectivity index (χ0n) is 8.26. The average molecular weight is 172 g/mol. The van der Waals surface area contributed by atoms with Crippen LogP contribution in [0.4, 0.5) is 0 Å². The molecule has 0 aliphatic carbocycles. The van der Waals surface area contributed by atoms with Crippen LogP contribution < -0.4 is 11.1 Å². The summed E-state index contributed by atoms with van der Waals surface area (Å²) in [4.78, 5) is 10.1. The van der Waals surface area contributed by atoms with Crippen molar-refractivity contribution in [2.24, 2.45) is 11.1 Å². The number of nitrogens with one attached hydrogen (secondary N) is 1. The van der Waals surface area contributed by atoms with E-state index in [0.717, 1.165) is 19.3 Å². The van der Waals surface area contributed by atoms with Crippen molar-refractivity contribution in [1.29, 1.82) is 0 Å². The first-order valence-corrected chi connectivity index (χ1v) is 4.44. The highest BCUT2D eigenvalue weighted by molar-refractivity contribution is 5.45. The molecular weight excluding hydrogens is 152 g/mol. The Morgan fingerprint density at radius 1 is 1.58 bits per heavy atom. The second kappa shape index (κ2) is 5.14. The predicted molar refractivity (Wildman–Crippen MR) is 50.7 cm³/mol. The highest BCUT2D eigenvalue weighted by atomic mass is 16.1. The van der Waals surface area contributed by atoms with Crippen LogP contribution in [0.2, 0.25) is 0 Å². The van der Waals surface area contributed by atoms with E-state index in [9.17, 15) is 4.79 Å². The molecule has 0 spiro atoms. The summed E-state index contributed by atoms with van der Waals surface area (Å²) < 4.78 is 0. The van der Waals surface area contributed by atoms with E-state index < -0.39 is 0 Å². The monoisotopic (exact) mass is 172 g/mol. The second-order valence-electron chi connectivity index (χ2n) is 4.04. The highest BCUT2D eigenvalue weighted by Crippen LogP contribution is 2.21. The Morgan fingerprint density at radius 3 is 2.58 bits per heavy atom. The first-order valence-electron chi connectivity index (χ1n) is 4.44. The lowest BCUT2D eigenvalue weighted by atomic mass is 9.85. The maximum Gasteiger partial charge on any atom is 0.207 e. The van der Waals surface area contributed by atoms with E-state index in [1.165, 1.54) is 0 Å². The van der Waals surface area contributed by atoms with E-state index in [-0.39, 0.29) is 11.5 Å². The summed E-state index contributed by atoms with van der Waals surface area (Å²) in [6.07, 6.45) is 2.67. The molecule has 1 atom stereocenters. The highest BCUT2D eigenvalue weighted by Gasteiger charge is 2.19. The summed E-state index contributed by atoms with van der Waals surface area (Å²) in [5.74, 6) is 0. The summed E-state index contributed by atoms with van der Waals surface area (Å²) in [5, 5.41) is 2.68. The third kappa shape index (κ3) is 5.13. The molecule has 0 fully saturated rings. The lowest BCUT2D eigenvalue weighted by Crippen LogP contribution is -2.34. The van der Waals surface area contributed by atoms with Crippen LogP contribution in [0, 0.1) is 5.41 Å². The standard InChI is InChI=1S/C9H20N2O/c1-4-8(10)5-9(2,3)6-11-7-12/h7-8H,4-6,10H2,1-3H3,(H,11,12). The summed E-state index contributed by atoms with van der Waals surface area (Å²) in [6, 6.07) is 0.244. The molecule has 0 aromatic rings. The summed E-state index contributed by atoms with van der Waals surface area (Å²) in [7, 11) is 0. The van der Waals surface area contributed by atoms with Crippen molar-refractivity contribution in [3.8, 4) is 0 Å². The normalized spacial score (nSPS) is 14.0. The third-order valence-electron chi connectivity index (χ3n) is 2.00. The molecule has 0 radical (unpaired) electrons. The fourth-order valence-electron chi connectivity index (χ4n) is 1.24. The van der Waals surface area contributed by atoms with Crippen LogP contribution >= 0.6 is 0 Å². The van der Waals surface area contributed by atoms with E-state index in [4.69, 9.17) is 5.73 Å². The zero-order valence-corrected chi connectivity index (χ0v) is 8.26. The molecule has 0 aliphatic rings. The molecule has 1 unspecified atom stereocenters. The van der Waals surface area contributed by atoms with Crippen molar-refractivity contribution < 1.29 is 4.79 Å². The van der Waals surface area contributed by atoms with Gasteiger partial charge in [0.15, 0.2) is 0 Å². The number of carbonyl (C=O) groups excluding carboxylic acids is 1. The van der Waals surface area contributed by atoms with Crippen LogP contribution in [-0.4, -0.2) is 19.0 Å². The fourth-order valence-corrected chi connectivity index (χ4v) is 1.24. The number of hydrogen-bond acceptors (Lipinski definition) is 2. The van der Waals surface area contributed by atoms with Crippen molar-refractivity contribution in [3.63, 3.8) is 0 Å². The number of rotatable bonds is 6. The van der Waals surface area contributed by atoms with E-state index in [2.05, 4.69) is 26.1 Å².